The summed E-state index contributed by atoms with van der Waals surface area (Å²) in [5, 5.41) is 16.7. The Morgan fingerprint density at radius 3 is 2.33 bits per heavy atom. The molecule has 0 saturated heterocycles. The highest BCUT2D eigenvalue weighted by molar-refractivity contribution is 6.05. The lowest BCUT2D eigenvalue weighted by atomic mass is 10.0. The van der Waals surface area contributed by atoms with Crippen LogP contribution >= 0.6 is 0 Å². The molecule has 0 amide bonds. The number of Topliss-reactive ketones (excluding diaryl/α,β-unsaturated/α-hetero) is 1. The molecular weight excluding hydrogens is 342 g/mol. The molecule has 3 aromatic rings. The number of hydrogen-bond donors (Lipinski definition) is 2. The standard InChI is InChI=1S/C21H21N3O3/c1-3-24-21(27)20(22-17-11-9-15(13-25)10-12-17)18(14(2)26)19(23-24)16-7-5-4-6-8-16/h4-12,22,25H,3,13H2,1-2H3. The first kappa shape index (κ1) is 18.5. The van der Waals surface area contributed by atoms with Crippen molar-refractivity contribution in [3.8, 4) is 11.3 Å². The molecule has 0 saturated carbocycles. The van der Waals surface area contributed by atoms with E-state index in [1.807, 2.05) is 37.3 Å². The molecule has 1 aromatic heterocycles. The van der Waals surface area contributed by atoms with Crippen molar-refractivity contribution in [2.45, 2.75) is 27.0 Å². The first-order valence-corrected chi connectivity index (χ1v) is 8.73. The molecule has 0 aliphatic rings. The number of aryl methyl sites for hydroxylation is 1. The summed E-state index contributed by atoms with van der Waals surface area (Å²) in [5.74, 6) is -0.240. The summed E-state index contributed by atoms with van der Waals surface area (Å²) in [6, 6.07) is 16.4. The third kappa shape index (κ3) is 3.80. The molecule has 6 heteroatoms. The SMILES string of the molecule is CCn1nc(-c2ccccc2)c(C(C)=O)c(Nc2ccc(CO)cc2)c1=O. The zero-order valence-corrected chi connectivity index (χ0v) is 15.3. The van der Waals surface area contributed by atoms with Crippen LogP contribution in [-0.2, 0) is 13.2 Å². The summed E-state index contributed by atoms with van der Waals surface area (Å²) in [4.78, 5) is 25.3. The van der Waals surface area contributed by atoms with Gasteiger partial charge in [0.2, 0.25) is 0 Å². The first-order valence-electron chi connectivity index (χ1n) is 8.73. The van der Waals surface area contributed by atoms with Gasteiger partial charge in [0.1, 0.15) is 11.4 Å². The average molecular weight is 363 g/mol. The van der Waals surface area contributed by atoms with Gasteiger partial charge in [0.05, 0.1) is 12.2 Å². The van der Waals surface area contributed by atoms with Crippen molar-refractivity contribution in [1.29, 1.82) is 0 Å². The lowest BCUT2D eigenvalue weighted by molar-refractivity contribution is 0.101. The Balaban J connectivity index is 2.21. The third-order valence-electron chi connectivity index (χ3n) is 4.26. The van der Waals surface area contributed by atoms with Crippen molar-refractivity contribution in [1.82, 2.24) is 9.78 Å². The van der Waals surface area contributed by atoms with Crippen LogP contribution in [-0.4, -0.2) is 20.7 Å². The van der Waals surface area contributed by atoms with Gasteiger partial charge in [0, 0.05) is 17.8 Å². The molecule has 0 atom stereocenters. The maximum Gasteiger partial charge on any atom is 0.291 e. The zero-order chi connectivity index (χ0) is 19.4. The number of nitrogens with zero attached hydrogens (tertiary/aromatic N) is 2. The first-order chi connectivity index (χ1) is 13.0. The van der Waals surface area contributed by atoms with Crippen LogP contribution in [0, 0.1) is 0 Å². The van der Waals surface area contributed by atoms with Gasteiger partial charge in [-0.25, -0.2) is 4.68 Å². The largest absolute Gasteiger partial charge is 0.392 e. The number of ketones is 1. The average Bonchev–Trinajstić information content (AvgIpc) is 2.70. The monoisotopic (exact) mass is 363 g/mol. The summed E-state index contributed by atoms with van der Waals surface area (Å²) in [5.41, 5.74) is 2.77. The van der Waals surface area contributed by atoms with Gasteiger partial charge in [-0.2, -0.15) is 5.10 Å². The predicted molar refractivity (Wildman–Crippen MR) is 105 cm³/mol. The van der Waals surface area contributed by atoms with Crippen LogP contribution in [0.15, 0.2) is 59.4 Å². The van der Waals surface area contributed by atoms with Crippen LogP contribution in [0.4, 0.5) is 11.4 Å². The second-order valence-corrected chi connectivity index (χ2v) is 6.12. The molecule has 27 heavy (non-hydrogen) atoms. The van der Waals surface area contributed by atoms with Crippen molar-refractivity contribution in [2.24, 2.45) is 0 Å². The molecule has 0 unspecified atom stereocenters. The maximum absolute atomic E-state index is 12.9. The lowest BCUT2D eigenvalue weighted by Gasteiger charge is -2.16. The second kappa shape index (κ2) is 7.97. The number of nitrogens with one attached hydrogen (secondary N) is 1. The van der Waals surface area contributed by atoms with E-state index in [4.69, 9.17) is 0 Å². The van der Waals surface area contributed by atoms with Crippen molar-refractivity contribution in [3.63, 3.8) is 0 Å². The van der Waals surface area contributed by atoms with Crippen LogP contribution in [0.2, 0.25) is 0 Å². The van der Waals surface area contributed by atoms with E-state index in [0.717, 1.165) is 11.1 Å². The lowest BCUT2D eigenvalue weighted by Crippen LogP contribution is -2.28. The van der Waals surface area contributed by atoms with E-state index in [2.05, 4.69) is 10.4 Å². The minimum absolute atomic E-state index is 0.0605. The van der Waals surface area contributed by atoms with Crippen LogP contribution in [0.3, 0.4) is 0 Å². The normalized spacial score (nSPS) is 10.6. The fraction of sp³-hybridized carbons (Fsp3) is 0.190. The van der Waals surface area contributed by atoms with E-state index in [9.17, 15) is 14.7 Å². The smallest absolute Gasteiger partial charge is 0.291 e. The number of hydrogen-bond acceptors (Lipinski definition) is 5. The molecule has 0 aliphatic carbocycles. The topological polar surface area (TPSA) is 84.2 Å². The molecule has 0 fully saturated rings. The minimum atomic E-state index is -0.353. The zero-order valence-electron chi connectivity index (χ0n) is 15.3. The molecule has 2 N–H and O–H groups in total. The molecule has 6 nitrogen and oxygen atoms in total. The number of rotatable bonds is 6. The highest BCUT2D eigenvalue weighted by atomic mass is 16.3. The van der Waals surface area contributed by atoms with Gasteiger partial charge in [-0.15, -0.1) is 0 Å². The highest BCUT2D eigenvalue weighted by Gasteiger charge is 2.21. The van der Waals surface area contributed by atoms with Gasteiger partial charge >= 0.3 is 0 Å². The molecule has 138 valence electrons. The van der Waals surface area contributed by atoms with Gasteiger partial charge in [-0.05, 0) is 31.5 Å². The Morgan fingerprint density at radius 1 is 1.11 bits per heavy atom. The van der Waals surface area contributed by atoms with Crippen molar-refractivity contribution >= 4 is 17.2 Å². The van der Waals surface area contributed by atoms with Crippen LogP contribution in [0.1, 0.15) is 29.8 Å². The van der Waals surface area contributed by atoms with Crippen molar-refractivity contribution < 1.29 is 9.90 Å². The number of carbonyl (C=O) groups is 1. The molecule has 0 radical (unpaired) electrons. The number of carbonyl (C=O) groups excluding carboxylic acids is 1. The van der Waals surface area contributed by atoms with Crippen molar-refractivity contribution in [3.05, 3.63) is 76.1 Å². The van der Waals surface area contributed by atoms with Crippen LogP contribution < -0.4 is 10.9 Å². The van der Waals surface area contributed by atoms with E-state index in [1.165, 1.54) is 11.6 Å². The molecule has 0 bridgehead atoms. The Morgan fingerprint density at radius 2 is 1.78 bits per heavy atom. The molecule has 2 aromatic carbocycles. The van der Waals surface area contributed by atoms with E-state index in [1.54, 1.807) is 24.3 Å². The summed E-state index contributed by atoms with van der Waals surface area (Å²) in [7, 11) is 0. The molecule has 3 rings (SSSR count). The summed E-state index contributed by atoms with van der Waals surface area (Å²) in [6.07, 6.45) is 0. The van der Waals surface area contributed by atoms with Crippen LogP contribution in [0.25, 0.3) is 11.3 Å². The molecule has 0 aliphatic heterocycles. The molecule has 0 spiro atoms. The van der Waals surface area contributed by atoms with Crippen LogP contribution in [0.5, 0.6) is 0 Å². The Hall–Kier alpha value is -3.25. The Kier molecular flexibility index (Phi) is 5.47. The predicted octanol–water partition coefficient (Wildman–Crippen LogP) is 3.37. The summed E-state index contributed by atoms with van der Waals surface area (Å²) >= 11 is 0. The number of aliphatic hydroxyl groups excluding tert-OH is 1. The van der Waals surface area contributed by atoms with Gasteiger partial charge in [0.15, 0.2) is 5.78 Å². The number of anilines is 2. The van der Waals surface area contributed by atoms with E-state index >= 15 is 0 Å². The highest BCUT2D eigenvalue weighted by Crippen LogP contribution is 2.27. The van der Waals surface area contributed by atoms with Gasteiger partial charge in [0.25, 0.3) is 5.56 Å². The Labute approximate surface area is 157 Å². The summed E-state index contributed by atoms with van der Waals surface area (Å²) < 4.78 is 1.35. The molecular formula is C21H21N3O3. The number of benzene rings is 2. The summed E-state index contributed by atoms with van der Waals surface area (Å²) in [6.45, 7) is 3.58. The maximum atomic E-state index is 12.9. The minimum Gasteiger partial charge on any atom is -0.392 e. The fourth-order valence-corrected chi connectivity index (χ4v) is 2.88. The second-order valence-electron chi connectivity index (χ2n) is 6.12. The van der Waals surface area contributed by atoms with Gasteiger partial charge < -0.3 is 10.4 Å². The van der Waals surface area contributed by atoms with E-state index in [0.29, 0.717) is 17.9 Å². The van der Waals surface area contributed by atoms with Crippen molar-refractivity contribution in [2.75, 3.05) is 5.32 Å². The van der Waals surface area contributed by atoms with E-state index < -0.39 is 0 Å². The quantitative estimate of drug-likeness (QED) is 0.656. The Bertz CT molecular complexity index is 1010. The van der Waals surface area contributed by atoms with Gasteiger partial charge in [-0.3, -0.25) is 9.59 Å². The molecule has 1 heterocycles. The number of aliphatic hydroxyl groups is 1. The fourth-order valence-electron chi connectivity index (χ4n) is 2.88. The van der Waals surface area contributed by atoms with Gasteiger partial charge in [-0.1, -0.05) is 42.5 Å². The number of aromatic nitrogens is 2. The van der Waals surface area contributed by atoms with E-state index in [-0.39, 0.29) is 29.2 Å². The third-order valence-corrected chi connectivity index (χ3v) is 4.26.